The summed E-state index contributed by atoms with van der Waals surface area (Å²) in [4.78, 5) is 14.6. The first-order valence-electron chi connectivity index (χ1n) is 10.0. The van der Waals surface area contributed by atoms with Gasteiger partial charge in [-0.25, -0.2) is 0 Å². The summed E-state index contributed by atoms with van der Waals surface area (Å²) in [6.45, 7) is 11.4. The first-order valence-corrected chi connectivity index (χ1v) is 10.0. The van der Waals surface area contributed by atoms with Crippen molar-refractivity contribution in [1.82, 2.24) is 4.90 Å². The average Bonchev–Trinajstić information content (AvgIpc) is 3.09. The highest BCUT2D eigenvalue weighted by atomic mass is 16.5. The molecular formula is C24H32N2O2. The fourth-order valence-electron chi connectivity index (χ4n) is 3.51. The standard InChI is InChI=1S/C24H32N2O2/c1-23(2,3)20-9-11-21(12-10-20)28-15-18-5-7-19(8-6-18)22(27)26-14-13-24(4,16-25)17-26/h5-12H,13-17,25H2,1-4H3. The smallest absolute Gasteiger partial charge is 0.253 e. The third kappa shape index (κ3) is 4.74. The summed E-state index contributed by atoms with van der Waals surface area (Å²) in [6, 6.07) is 16.0. The molecular weight excluding hydrogens is 348 g/mol. The van der Waals surface area contributed by atoms with Crippen molar-refractivity contribution in [2.24, 2.45) is 11.1 Å². The largest absolute Gasteiger partial charge is 0.489 e. The summed E-state index contributed by atoms with van der Waals surface area (Å²) in [5.74, 6) is 0.939. The van der Waals surface area contributed by atoms with Crippen LogP contribution in [-0.4, -0.2) is 30.4 Å². The second-order valence-corrected chi connectivity index (χ2v) is 9.25. The third-order valence-corrected chi connectivity index (χ3v) is 5.66. The number of nitrogens with zero attached hydrogens (tertiary/aromatic N) is 1. The Hall–Kier alpha value is -2.33. The van der Waals surface area contributed by atoms with Gasteiger partial charge in [-0.1, -0.05) is 52.0 Å². The molecule has 0 aliphatic carbocycles. The maximum absolute atomic E-state index is 12.7. The molecule has 0 radical (unpaired) electrons. The molecule has 1 aliphatic rings. The van der Waals surface area contributed by atoms with Crippen molar-refractivity contribution < 1.29 is 9.53 Å². The maximum atomic E-state index is 12.7. The normalized spacial score (nSPS) is 19.7. The number of likely N-dealkylation sites (tertiary alicyclic amines) is 1. The number of carbonyl (C=O) groups excluding carboxylic acids is 1. The van der Waals surface area contributed by atoms with Crippen molar-refractivity contribution >= 4 is 5.91 Å². The van der Waals surface area contributed by atoms with E-state index in [1.807, 2.05) is 41.3 Å². The molecule has 0 spiro atoms. The number of ether oxygens (including phenoxy) is 1. The molecule has 4 nitrogen and oxygen atoms in total. The summed E-state index contributed by atoms with van der Waals surface area (Å²) in [5.41, 5.74) is 9.09. The van der Waals surface area contributed by atoms with E-state index in [1.54, 1.807) is 0 Å². The number of amides is 1. The molecule has 2 aromatic carbocycles. The van der Waals surface area contributed by atoms with Crippen LogP contribution in [0.25, 0.3) is 0 Å². The zero-order chi connectivity index (χ0) is 20.4. The minimum atomic E-state index is 0.0476. The molecule has 28 heavy (non-hydrogen) atoms. The molecule has 1 amide bonds. The van der Waals surface area contributed by atoms with E-state index < -0.39 is 0 Å². The fourth-order valence-corrected chi connectivity index (χ4v) is 3.51. The van der Waals surface area contributed by atoms with Crippen molar-refractivity contribution in [1.29, 1.82) is 0 Å². The molecule has 1 heterocycles. The predicted octanol–water partition coefficient (Wildman–Crippen LogP) is 4.37. The number of hydrogen-bond acceptors (Lipinski definition) is 3. The van der Waals surface area contributed by atoms with E-state index in [9.17, 15) is 4.79 Å². The fraction of sp³-hybridized carbons (Fsp3) is 0.458. The van der Waals surface area contributed by atoms with Crippen LogP contribution in [-0.2, 0) is 12.0 Å². The number of nitrogens with two attached hydrogens (primary N) is 1. The van der Waals surface area contributed by atoms with Crippen LogP contribution in [0.4, 0.5) is 0 Å². The van der Waals surface area contributed by atoms with Crippen LogP contribution in [0.2, 0.25) is 0 Å². The van der Waals surface area contributed by atoms with E-state index in [0.717, 1.165) is 36.4 Å². The summed E-state index contributed by atoms with van der Waals surface area (Å²) in [6.07, 6.45) is 0.967. The van der Waals surface area contributed by atoms with Gasteiger partial charge < -0.3 is 15.4 Å². The number of hydrogen-bond donors (Lipinski definition) is 1. The Morgan fingerprint density at radius 3 is 2.29 bits per heavy atom. The molecule has 0 aromatic heterocycles. The van der Waals surface area contributed by atoms with E-state index in [2.05, 4.69) is 39.8 Å². The van der Waals surface area contributed by atoms with Crippen LogP contribution in [0.1, 0.15) is 55.6 Å². The van der Waals surface area contributed by atoms with E-state index in [-0.39, 0.29) is 16.7 Å². The Morgan fingerprint density at radius 2 is 1.75 bits per heavy atom. The Labute approximate surface area is 168 Å². The molecule has 1 saturated heterocycles. The number of rotatable bonds is 5. The van der Waals surface area contributed by atoms with Crippen LogP contribution in [0.15, 0.2) is 48.5 Å². The van der Waals surface area contributed by atoms with Gasteiger partial charge in [0.2, 0.25) is 0 Å². The van der Waals surface area contributed by atoms with Crippen molar-refractivity contribution in [3.63, 3.8) is 0 Å². The topological polar surface area (TPSA) is 55.6 Å². The predicted molar refractivity (Wildman–Crippen MR) is 114 cm³/mol. The molecule has 0 bridgehead atoms. The van der Waals surface area contributed by atoms with Crippen LogP contribution < -0.4 is 10.5 Å². The van der Waals surface area contributed by atoms with Gasteiger partial charge in [0.15, 0.2) is 0 Å². The van der Waals surface area contributed by atoms with Gasteiger partial charge >= 0.3 is 0 Å². The minimum Gasteiger partial charge on any atom is -0.489 e. The number of carbonyl (C=O) groups is 1. The molecule has 1 aliphatic heterocycles. The lowest BCUT2D eigenvalue weighted by Crippen LogP contribution is -2.34. The average molecular weight is 381 g/mol. The minimum absolute atomic E-state index is 0.0476. The van der Waals surface area contributed by atoms with Gasteiger partial charge in [0.1, 0.15) is 12.4 Å². The van der Waals surface area contributed by atoms with Gasteiger partial charge in [0.25, 0.3) is 5.91 Å². The van der Waals surface area contributed by atoms with Gasteiger partial charge in [0.05, 0.1) is 0 Å². The summed E-state index contributed by atoms with van der Waals surface area (Å²) in [5, 5.41) is 0. The van der Waals surface area contributed by atoms with E-state index >= 15 is 0 Å². The summed E-state index contributed by atoms with van der Waals surface area (Å²) < 4.78 is 5.89. The number of benzene rings is 2. The van der Waals surface area contributed by atoms with Crippen LogP contribution in [0.5, 0.6) is 5.75 Å². The Balaban J connectivity index is 1.57. The molecule has 4 heteroatoms. The molecule has 1 fully saturated rings. The quantitative estimate of drug-likeness (QED) is 0.838. The first kappa shape index (κ1) is 20.4. The highest BCUT2D eigenvalue weighted by molar-refractivity contribution is 5.94. The SMILES string of the molecule is CC1(CN)CCN(C(=O)c2ccc(COc3ccc(C(C)(C)C)cc3)cc2)C1. The monoisotopic (exact) mass is 380 g/mol. The van der Waals surface area contributed by atoms with Crippen LogP contribution in [0, 0.1) is 5.41 Å². The zero-order valence-electron chi connectivity index (χ0n) is 17.5. The lowest BCUT2D eigenvalue weighted by molar-refractivity contribution is 0.0777. The molecule has 1 unspecified atom stereocenters. The molecule has 2 aromatic rings. The molecule has 150 valence electrons. The van der Waals surface area contributed by atoms with Gasteiger partial charge in [-0.2, -0.15) is 0 Å². The van der Waals surface area contributed by atoms with E-state index in [4.69, 9.17) is 10.5 Å². The lowest BCUT2D eigenvalue weighted by atomic mass is 9.87. The second-order valence-electron chi connectivity index (χ2n) is 9.25. The van der Waals surface area contributed by atoms with Crippen molar-refractivity contribution in [3.8, 4) is 5.75 Å². The molecule has 0 saturated carbocycles. The zero-order valence-corrected chi connectivity index (χ0v) is 17.5. The van der Waals surface area contributed by atoms with Crippen molar-refractivity contribution in [2.45, 2.75) is 46.1 Å². The molecule has 2 N–H and O–H groups in total. The third-order valence-electron chi connectivity index (χ3n) is 5.66. The van der Waals surface area contributed by atoms with Gasteiger partial charge in [-0.15, -0.1) is 0 Å². The molecule has 3 rings (SSSR count). The van der Waals surface area contributed by atoms with Gasteiger partial charge in [-0.3, -0.25) is 4.79 Å². The van der Waals surface area contributed by atoms with E-state index in [1.165, 1.54) is 5.56 Å². The summed E-state index contributed by atoms with van der Waals surface area (Å²) in [7, 11) is 0. The highest BCUT2D eigenvalue weighted by Crippen LogP contribution is 2.29. The van der Waals surface area contributed by atoms with Crippen LogP contribution in [0.3, 0.4) is 0 Å². The molecule has 1 atom stereocenters. The van der Waals surface area contributed by atoms with Crippen molar-refractivity contribution in [3.05, 3.63) is 65.2 Å². The van der Waals surface area contributed by atoms with Gasteiger partial charge in [0, 0.05) is 18.7 Å². The van der Waals surface area contributed by atoms with Crippen molar-refractivity contribution in [2.75, 3.05) is 19.6 Å². The highest BCUT2D eigenvalue weighted by Gasteiger charge is 2.35. The maximum Gasteiger partial charge on any atom is 0.253 e. The van der Waals surface area contributed by atoms with Crippen LogP contribution >= 0.6 is 0 Å². The lowest BCUT2D eigenvalue weighted by Gasteiger charge is -2.22. The van der Waals surface area contributed by atoms with Gasteiger partial charge in [-0.05, 0) is 59.2 Å². The Morgan fingerprint density at radius 1 is 1.11 bits per heavy atom. The first-order chi connectivity index (χ1) is 13.2. The Kier molecular flexibility index (Phi) is 5.80. The summed E-state index contributed by atoms with van der Waals surface area (Å²) >= 11 is 0. The second kappa shape index (κ2) is 7.96. The van der Waals surface area contributed by atoms with E-state index in [0.29, 0.717) is 13.2 Å². The Bertz CT molecular complexity index is 806.